The summed E-state index contributed by atoms with van der Waals surface area (Å²) in [5.74, 6) is 0.356. The molecule has 0 bridgehead atoms. The summed E-state index contributed by atoms with van der Waals surface area (Å²) < 4.78 is 1.85. The molecule has 114 valence electrons. The summed E-state index contributed by atoms with van der Waals surface area (Å²) in [5.41, 5.74) is 8.23. The topological polar surface area (TPSA) is 89.8 Å². The minimum atomic E-state index is -0.492. The first-order chi connectivity index (χ1) is 10.7. The van der Waals surface area contributed by atoms with Crippen LogP contribution in [0, 0.1) is 0 Å². The molecule has 6 nitrogen and oxygen atoms in total. The molecular weight excluding hydrogens is 278 g/mol. The summed E-state index contributed by atoms with van der Waals surface area (Å²) in [6.07, 6.45) is 4.08. The number of hydrogen-bond donors (Lipinski definition) is 2. The van der Waals surface area contributed by atoms with Crippen LogP contribution < -0.4 is 5.73 Å². The number of aliphatic hydroxyl groups excluding tert-OH is 1. The lowest BCUT2D eigenvalue weighted by Crippen LogP contribution is -2.22. The Morgan fingerprint density at radius 1 is 1.18 bits per heavy atom. The number of nitrogens with two attached hydrogens (primary N) is 1. The number of aryl methyl sites for hydroxylation is 1. The van der Waals surface area contributed by atoms with E-state index in [1.807, 2.05) is 29.7 Å². The van der Waals surface area contributed by atoms with Gasteiger partial charge in [-0.15, -0.1) is 0 Å². The molecule has 2 atom stereocenters. The Balaban J connectivity index is 1.74. The van der Waals surface area contributed by atoms with Gasteiger partial charge in [-0.1, -0.05) is 30.3 Å². The van der Waals surface area contributed by atoms with E-state index in [9.17, 15) is 5.11 Å². The van der Waals surface area contributed by atoms with Crippen molar-refractivity contribution in [2.75, 3.05) is 5.73 Å². The lowest BCUT2D eigenvalue weighted by molar-refractivity contribution is 0.113. The number of benzene rings is 1. The zero-order chi connectivity index (χ0) is 15.5. The van der Waals surface area contributed by atoms with E-state index in [1.165, 1.54) is 11.9 Å². The number of aliphatic hydroxyl groups is 1. The van der Waals surface area contributed by atoms with Crippen LogP contribution in [0.15, 0.2) is 43.0 Å². The molecule has 2 heterocycles. The van der Waals surface area contributed by atoms with Crippen LogP contribution in [0.4, 0.5) is 5.82 Å². The maximum atomic E-state index is 10.5. The lowest BCUT2D eigenvalue weighted by Gasteiger charge is -2.20. The van der Waals surface area contributed by atoms with Crippen LogP contribution in [0.3, 0.4) is 0 Å². The van der Waals surface area contributed by atoms with Gasteiger partial charge in [0, 0.05) is 0 Å². The van der Waals surface area contributed by atoms with Crippen molar-refractivity contribution in [3.05, 3.63) is 48.5 Å². The number of rotatable bonds is 5. The number of imidazole rings is 1. The van der Waals surface area contributed by atoms with Crippen molar-refractivity contribution in [1.82, 2.24) is 19.5 Å². The Hall–Kier alpha value is -2.47. The zero-order valence-electron chi connectivity index (χ0n) is 12.4. The van der Waals surface area contributed by atoms with Crippen LogP contribution in [-0.4, -0.2) is 30.7 Å². The second-order valence-corrected chi connectivity index (χ2v) is 5.42. The van der Waals surface area contributed by atoms with Crippen LogP contribution in [-0.2, 0) is 6.42 Å². The number of aromatic nitrogens is 4. The Morgan fingerprint density at radius 2 is 1.95 bits per heavy atom. The van der Waals surface area contributed by atoms with E-state index in [1.54, 1.807) is 6.33 Å². The predicted octanol–water partition coefficient (Wildman–Crippen LogP) is 1.96. The fourth-order valence-corrected chi connectivity index (χ4v) is 2.55. The highest BCUT2D eigenvalue weighted by Crippen LogP contribution is 2.22. The van der Waals surface area contributed by atoms with Crippen molar-refractivity contribution in [1.29, 1.82) is 0 Å². The number of fused-ring (bicyclic) bond motifs is 1. The maximum Gasteiger partial charge on any atom is 0.165 e. The molecule has 0 saturated heterocycles. The molecule has 2 aromatic heterocycles. The zero-order valence-corrected chi connectivity index (χ0v) is 12.4. The van der Waals surface area contributed by atoms with Gasteiger partial charge in [0.05, 0.1) is 18.5 Å². The molecule has 22 heavy (non-hydrogen) atoms. The van der Waals surface area contributed by atoms with E-state index >= 15 is 0 Å². The van der Waals surface area contributed by atoms with Gasteiger partial charge >= 0.3 is 0 Å². The third-order valence-corrected chi connectivity index (χ3v) is 3.95. The smallest absolute Gasteiger partial charge is 0.165 e. The molecule has 0 aliphatic carbocycles. The van der Waals surface area contributed by atoms with E-state index in [2.05, 4.69) is 27.1 Å². The largest absolute Gasteiger partial charge is 0.391 e. The molecule has 3 rings (SSSR count). The van der Waals surface area contributed by atoms with Crippen molar-refractivity contribution in [3.8, 4) is 0 Å². The third kappa shape index (κ3) is 2.78. The first kappa shape index (κ1) is 14.5. The minimum absolute atomic E-state index is 0.136. The van der Waals surface area contributed by atoms with E-state index in [-0.39, 0.29) is 6.04 Å². The molecule has 0 aliphatic rings. The first-order valence-electron chi connectivity index (χ1n) is 7.32. The lowest BCUT2D eigenvalue weighted by atomic mass is 10.0. The molecule has 3 aromatic rings. The minimum Gasteiger partial charge on any atom is -0.391 e. The number of nitrogen functional groups attached to an aromatic ring is 1. The van der Waals surface area contributed by atoms with Gasteiger partial charge in [0.15, 0.2) is 11.5 Å². The first-order valence-corrected chi connectivity index (χ1v) is 7.32. The molecule has 1 aromatic carbocycles. The van der Waals surface area contributed by atoms with Crippen LogP contribution in [0.25, 0.3) is 11.2 Å². The average molecular weight is 297 g/mol. The van der Waals surface area contributed by atoms with Gasteiger partial charge in [0.2, 0.25) is 0 Å². The molecule has 6 heteroatoms. The number of hydrogen-bond acceptors (Lipinski definition) is 5. The van der Waals surface area contributed by atoms with Crippen molar-refractivity contribution in [2.45, 2.75) is 31.9 Å². The third-order valence-electron chi connectivity index (χ3n) is 3.95. The van der Waals surface area contributed by atoms with Gasteiger partial charge < -0.3 is 15.4 Å². The number of nitrogens with zero attached hydrogens (tertiary/aromatic N) is 4. The second kappa shape index (κ2) is 6.11. The van der Waals surface area contributed by atoms with Crippen molar-refractivity contribution >= 4 is 17.0 Å². The van der Waals surface area contributed by atoms with Crippen LogP contribution in [0.2, 0.25) is 0 Å². The monoisotopic (exact) mass is 297 g/mol. The Kier molecular flexibility index (Phi) is 4.02. The summed E-state index contributed by atoms with van der Waals surface area (Å²) >= 11 is 0. The summed E-state index contributed by atoms with van der Waals surface area (Å²) in [6, 6.07) is 10.0. The van der Waals surface area contributed by atoms with E-state index in [4.69, 9.17) is 5.73 Å². The van der Waals surface area contributed by atoms with Crippen molar-refractivity contribution in [2.24, 2.45) is 0 Å². The summed E-state index contributed by atoms with van der Waals surface area (Å²) in [7, 11) is 0. The summed E-state index contributed by atoms with van der Waals surface area (Å²) in [4.78, 5) is 12.4. The van der Waals surface area contributed by atoms with Gasteiger partial charge in [-0.25, -0.2) is 15.0 Å². The Morgan fingerprint density at radius 3 is 2.73 bits per heavy atom. The van der Waals surface area contributed by atoms with Crippen molar-refractivity contribution in [3.63, 3.8) is 0 Å². The normalized spacial score (nSPS) is 14.1. The van der Waals surface area contributed by atoms with Crippen molar-refractivity contribution < 1.29 is 5.11 Å². The van der Waals surface area contributed by atoms with E-state index < -0.39 is 6.10 Å². The molecule has 0 aliphatic heterocycles. The molecule has 3 N–H and O–H groups in total. The molecule has 0 fully saturated rings. The average Bonchev–Trinajstić information content (AvgIpc) is 2.98. The Bertz CT molecular complexity index is 756. The summed E-state index contributed by atoms with van der Waals surface area (Å²) in [6.45, 7) is 1.95. The van der Waals surface area contributed by atoms with Gasteiger partial charge in [0.1, 0.15) is 11.8 Å². The molecule has 0 radical (unpaired) electrons. The van der Waals surface area contributed by atoms with Crippen LogP contribution in [0.5, 0.6) is 0 Å². The number of anilines is 1. The molecule has 0 amide bonds. The van der Waals surface area contributed by atoms with Gasteiger partial charge in [-0.3, -0.25) is 0 Å². The second-order valence-electron chi connectivity index (χ2n) is 5.42. The summed E-state index contributed by atoms with van der Waals surface area (Å²) in [5, 5.41) is 10.5. The van der Waals surface area contributed by atoms with Crippen LogP contribution >= 0.6 is 0 Å². The predicted molar refractivity (Wildman–Crippen MR) is 85.2 cm³/mol. The standard InChI is InChI=1S/C16H19N5O/c1-11(13(22)8-7-12-5-3-2-4-6-12)21-10-20-14-15(17)18-9-19-16(14)21/h2-6,9-11,13,22H,7-8H2,1H3,(H2,17,18,19)/t11-,13+/m1/s1. The molecule has 0 saturated carbocycles. The Labute approximate surface area is 128 Å². The fourth-order valence-electron chi connectivity index (χ4n) is 2.55. The van der Waals surface area contributed by atoms with E-state index in [0.717, 1.165) is 6.42 Å². The fraction of sp³-hybridized carbons (Fsp3) is 0.312. The maximum absolute atomic E-state index is 10.5. The highest BCUT2D eigenvalue weighted by Gasteiger charge is 2.19. The SMILES string of the molecule is C[C@H]([C@@H](O)CCc1ccccc1)n1cnc2c(N)ncnc21. The molecule has 0 spiro atoms. The molecular formula is C16H19N5O. The molecule has 0 unspecified atom stereocenters. The quantitative estimate of drug-likeness (QED) is 0.751. The van der Waals surface area contributed by atoms with Crippen LogP contribution in [0.1, 0.15) is 24.9 Å². The van der Waals surface area contributed by atoms with E-state index in [0.29, 0.717) is 23.4 Å². The van der Waals surface area contributed by atoms with Gasteiger partial charge in [0.25, 0.3) is 0 Å². The van der Waals surface area contributed by atoms with Gasteiger partial charge in [-0.2, -0.15) is 0 Å². The highest BCUT2D eigenvalue weighted by molar-refractivity contribution is 5.81. The van der Waals surface area contributed by atoms with Gasteiger partial charge in [-0.05, 0) is 25.3 Å². The highest BCUT2D eigenvalue weighted by atomic mass is 16.3.